The number of para-hydroxylation sites is 1. The van der Waals surface area contributed by atoms with E-state index >= 15 is 0 Å². The number of hydrogen-bond acceptors (Lipinski definition) is 5. The molecule has 2 aromatic carbocycles. The number of nitrogens with zero attached hydrogens (tertiary/aromatic N) is 3. The summed E-state index contributed by atoms with van der Waals surface area (Å²) in [6.45, 7) is 8.02. The van der Waals surface area contributed by atoms with Gasteiger partial charge in [-0.2, -0.15) is 0 Å². The number of nitrogens with one attached hydrogen (secondary N) is 1. The van der Waals surface area contributed by atoms with Crippen LogP contribution in [0, 0.1) is 12.7 Å². The molecule has 162 valence electrons. The van der Waals surface area contributed by atoms with Crippen molar-refractivity contribution in [3.8, 4) is 5.75 Å². The van der Waals surface area contributed by atoms with Crippen molar-refractivity contribution in [1.29, 1.82) is 0 Å². The molecule has 1 heterocycles. The van der Waals surface area contributed by atoms with Crippen LogP contribution in [0.4, 0.5) is 10.1 Å². The molecule has 1 N–H and O–H groups in total. The SMILES string of the molecule is C=CCn1c(SCC(=O)Nc2ccccc2F)nnc1C(C)Oc1cc(C)ccc1Cl. The Hall–Kier alpha value is -2.84. The number of hydrogen-bond donors (Lipinski definition) is 1. The van der Waals surface area contributed by atoms with Crippen molar-refractivity contribution in [2.24, 2.45) is 0 Å². The van der Waals surface area contributed by atoms with Gasteiger partial charge in [-0.05, 0) is 43.7 Å². The van der Waals surface area contributed by atoms with E-state index < -0.39 is 11.9 Å². The largest absolute Gasteiger partial charge is 0.481 e. The van der Waals surface area contributed by atoms with Crippen molar-refractivity contribution in [1.82, 2.24) is 14.8 Å². The Bertz CT molecular complexity index is 1090. The van der Waals surface area contributed by atoms with Gasteiger partial charge in [-0.25, -0.2) is 4.39 Å². The van der Waals surface area contributed by atoms with Crippen molar-refractivity contribution < 1.29 is 13.9 Å². The molecule has 9 heteroatoms. The van der Waals surface area contributed by atoms with Crippen molar-refractivity contribution in [3.63, 3.8) is 0 Å². The maximum Gasteiger partial charge on any atom is 0.234 e. The Morgan fingerprint density at radius 2 is 2.13 bits per heavy atom. The summed E-state index contributed by atoms with van der Waals surface area (Å²) in [7, 11) is 0. The molecule has 0 spiro atoms. The highest BCUT2D eigenvalue weighted by molar-refractivity contribution is 7.99. The average molecular weight is 461 g/mol. The number of amides is 1. The fraction of sp³-hybridized carbons (Fsp3) is 0.227. The number of carbonyl (C=O) groups is 1. The quantitative estimate of drug-likeness (QED) is 0.340. The van der Waals surface area contributed by atoms with Crippen LogP contribution < -0.4 is 10.1 Å². The molecule has 1 unspecified atom stereocenters. The second-order valence-electron chi connectivity index (χ2n) is 6.75. The second-order valence-corrected chi connectivity index (χ2v) is 8.10. The predicted octanol–water partition coefficient (Wildman–Crippen LogP) is 5.44. The van der Waals surface area contributed by atoms with Gasteiger partial charge in [-0.1, -0.05) is 47.6 Å². The number of thioether (sulfide) groups is 1. The van der Waals surface area contributed by atoms with E-state index in [2.05, 4.69) is 22.1 Å². The molecule has 3 rings (SSSR count). The molecular formula is C22H22ClFN4O2S. The summed E-state index contributed by atoms with van der Waals surface area (Å²) >= 11 is 7.43. The number of ether oxygens (including phenoxy) is 1. The van der Waals surface area contributed by atoms with Gasteiger partial charge in [-0.3, -0.25) is 9.36 Å². The first-order chi connectivity index (χ1) is 14.9. The number of rotatable bonds is 9. The van der Waals surface area contributed by atoms with Crippen molar-refractivity contribution >= 4 is 35.0 Å². The van der Waals surface area contributed by atoms with Crippen molar-refractivity contribution in [2.45, 2.75) is 31.7 Å². The van der Waals surface area contributed by atoms with Crippen molar-refractivity contribution in [2.75, 3.05) is 11.1 Å². The zero-order valence-electron chi connectivity index (χ0n) is 17.1. The van der Waals surface area contributed by atoms with Gasteiger partial charge in [0.05, 0.1) is 16.5 Å². The first-order valence-electron chi connectivity index (χ1n) is 9.53. The standard InChI is InChI=1S/C22H22ClFN4O2S/c1-4-11-28-21(15(3)30-19-12-14(2)9-10-16(19)23)26-27-22(28)31-13-20(29)25-18-8-6-5-7-17(18)24/h4-10,12,15H,1,11,13H2,2-3H3,(H,25,29). The van der Waals surface area contributed by atoms with E-state index in [1.54, 1.807) is 24.3 Å². The van der Waals surface area contributed by atoms with Crippen LogP contribution in [0.15, 0.2) is 60.3 Å². The normalized spacial score (nSPS) is 11.7. The summed E-state index contributed by atoms with van der Waals surface area (Å²) < 4.78 is 21.6. The smallest absolute Gasteiger partial charge is 0.234 e. The summed E-state index contributed by atoms with van der Waals surface area (Å²) in [5.74, 6) is 0.345. The van der Waals surface area contributed by atoms with Crippen LogP contribution in [-0.2, 0) is 11.3 Å². The van der Waals surface area contributed by atoms with Gasteiger partial charge in [0.2, 0.25) is 5.91 Å². The summed E-state index contributed by atoms with van der Waals surface area (Å²) in [6, 6.07) is 11.6. The van der Waals surface area contributed by atoms with Crippen LogP contribution in [0.3, 0.4) is 0 Å². The lowest BCUT2D eigenvalue weighted by Gasteiger charge is -2.17. The number of anilines is 1. The van der Waals surface area contributed by atoms with Gasteiger partial charge < -0.3 is 10.1 Å². The molecule has 1 atom stereocenters. The van der Waals surface area contributed by atoms with E-state index in [0.29, 0.717) is 28.3 Å². The number of allylic oxidation sites excluding steroid dienone is 1. The maximum atomic E-state index is 13.7. The van der Waals surface area contributed by atoms with Crippen LogP contribution >= 0.6 is 23.4 Å². The summed E-state index contributed by atoms with van der Waals surface area (Å²) in [5.41, 5.74) is 1.16. The second kappa shape index (κ2) is 10.5. The fourth-order valence-corrected chi connectivity index (χ4v) is 3.75. The van der Waals surface area contributed by atoms with Crippen LogP contribution in [0.1, 0.15) is 24.4 Å². The van der Waals surface area contributed by atoms with Gasteiger partial charge in [0.25, 0.3) is 0 Å². The topological polar surface area (TPSA) is 69.0 Å². The number of aryl methyl sites for hydroxylation is 1. The Morgan fingerprint density at radius 3 is 2.87 bits per heavy atom. The molecule has 0 aliphatic heterocycles. The van der Waals surface area contributed by atoms with E-state index in [4.69, 9.17) is 16.3 Å². The van der Waals surface area contributed by atoms with Gasteiger partial charge in [0.1, 0.15) is 11.6 Å². The molecule has 6 nitrogen and oxygen atoms in total. The van der Waals surface area contributed by atoms with E-state index in [0.717, 1.165) is 5.56 Å². The Balaban J connectivity index is 1.70. The zero-order chi connectivity index (χ0) is 22.4. The molecule has 0 fully saturated rings. The monoisotopic (exact) mass is 460 g/mol. The number of benzene rings is 2. The third-order valence-electron chi connectivity index (χ3n) is 4.29. The molecular weight excluding hydrogens is 439 g/mol. The summed E-state index contributed by atoms with van der Waals surface area (Å²) in [4.78, 5) is 12.2. The highest BCUT2D eigenvalue weighted by Gasteiger charge is 2.20. The lowest BCUT2D eigenvalue weighted by Crippen LogP contribution is -2.16. The van der Waals surface area contributed by atoms with Crippen LogP contribution in [-0.4, -0.2) is 26.4 Å². The summed E-state index contributed by atoms with van der Waals surface area (Å²) in [6.07, 6.45) is 1.27. The molecule has 3 aromatic rings. The Morgan fingerprint density at radius 1 is 1.35 bits per heavy atom. The number of halogens is 2. The minimum Gasteiger partial charge on any atom is -0.481 e. The van der Waals surface area contributed by atoms with E-state index in [-0.39, 0.29) is 17.3 Å². The molecule has 0 bridgehead atoms. The minimum absolute atomic E-state index is 0.0442. The van der Waals surface area contributed by atoms with E-state index in [1.165, 1.54) is 23.9 Å². The maximum absolute atomic E-state index is 13.7. The zero-order valence-corrected chi connectivity index (χ0v) is 18.7. The van der Waals surface area contributed by atoms with Crippen LogP contribution in [0.2, 0.25) is 5.02 Å². The first kappa shape index (κ1) is 22.8. The lowest BCUT2D eigenvalue weighted by molar-refractivity contribution is -0.113. The third kappa shape index (κ3) is 5.86. The van der Waals surface area contributed by atoms with Crippen LogP contribution in [0.5, 0.6) is 5.75 Å². The van der Waals surface area contributed by atoms with E-state index in [9.17, 15) is 9.18 Å². The van der Waals surface area contributed by atoms with E-state index in [1.807, 2.05) is 30.5 Å². The third-order valence-corrected chi connectivity index (χ3v) is 5.57. The van der Waals surface area contributed by atoms with Gasteiger partial charge in [0.15, 0.2) is 17.1 Å². The molecule has 0 aliphatic carbocycles. The van der Waals surface area contributed by atoms with Crippen LogP contribution in [0.25, 0.3) is 0 Å². The predicted molar refractivity (Wildman–Crippen MR) is 121 cm³/mol. The number of carbonyl (C=O) groups excluding carboxylic acids is 1. The van der Waals surface area contributed by atoms with Gasteiger partial charge in [-0.15, -0.1) is 16.8 Å². The minimum atomic E-state index is -0.487. The molecule has 0 saturated carbocycles. The molecule has 0 saturated heterocycles. The lowest BCUT2D eigenvalue weighted by atomic mass is 10.2. The highest BCUT2D eigenvalue weighted by atomic mass is 35.5. The summed E-state index contributed by atoms with van der Waals surface area (Å²) in [5, 5.41) is 12.0. The Kier molecular flexibility index (Phi) is 7.70. The number of aromatic nitrogens is 3. The molecule has 0 aliphatic rings. The average Bonchev–Trinajstić information content (AvgIpc) is 3.14. The van der Waals surface area contributed by atoms with Gasteiger partial charge in [0, 0.05) is 6.54 Å². The molecule has 0 radical (unpaired) electrons. The van der Waals surface area contributed by atoms with Crippen molar-refractivity contribution in [3.05, 3.63) is 77.3 Å². The molecule has 1 aromatic heterocycles. The molecule has 31 heavy (non-hydrogen) atoms. The first-order valence-corrected chi connectivity index (χ1v) is 10.9. The fourth-order valence-electron chi connectivity index (χ4n) is 2.83. The highest BCUT2D eigenvalue weighted by Crippen LogP contribution is 2.30. The molecule has 1 amide bonds. The Labute approximate surface area is 189 Å². The van der Waals surface area contributed by atoms with Gasteiger partial charge >= 0.3 is 0 Å².